The summed E-state index contributed by atoms with van der Waals surface area (Å²) in [6.07, 6.45) is 3.04. The highest BCUT2D eigenvalue weighted by Crippen LogP contribution is 2.22. The molecule has 1 amide bonds. The molecule has 8 heteroatoms. The maximum absolute atomic E-state index is 12.5. The van der Waals surface area contributed by atoms with E-state index in [0.29, 0.717) is 31.3 Å². The van der Waals surface area contributed by atoms with Crippen LogP contribution in [0.4, 0.5) is 10.7 Å². The number of carbonyl (C=O) groups excluding carboxylic acids is 1. The molecule has 150 valence electrons. The summed E-state index contributed by atoms with van der Waals surface area (Å²) < 4.78 is 7.02. The molecular formula is C20H27N5O3. The van der Waals surface area contributed by atoms with Crippen molar-refractivity contribution >= 4 is 12.0 Å². The van der Waals surface area contributed by atoms with E-state index in [2.05, 4.69) is 9.88 Å². The molecule has 3 rings (SSSR count). The molecule has 2 aromatic heterocycles. The van der Waals surface area contributed by atoms with Crippen molar-refractivity contribution in [3.63, 3.8) is 0 Å². The second kappa shape index (κ2) is 7.61. The lowest BCUT2D eigenvalue weighted by Gasteiger charge is -2.41. The number of nitrogens with zero attached hydrogens (tertiary/aromatic N) is 5. The lowest BCUT2D eigenvalue weighted by Crippen LogP contribution is -2.55. The Bertz CT molecular complexity index is 904. The van der Waals surface area contributed by atoms with Crippen LogP contribution in [0.5, 0.6) is 0 Å². The number of carbonyl (C=O) groups is 1. The zero-order chi connectivity index (χ0) is 20.5. The van der Waals surface area contributed by atoms with Crippen molar-refractivity contribution in [1.29, 1.82) is 0 Å². The van der Waals surface area contributed by atoms with Gasteiger partial charge in [-0.2, -0.15) is 0 Å². The van der Waals surface area contributed by atoms with Gasteiger partial charge in [-0.3, -0.25) is 14.3 Å². The molecule has 1 saturated heterocycles. The third kappa shape index (κ3) is 4.32. The number of rotatable bonds is 2. The first kappa shape index (κ1) is 19.9. The molecule has 8 nitrogen and oxygen atoms in total. The van der Waals surface area contributed by atoms with Gasteiger partial charge in [-0.1, -0.05) is 0 Å². The molecule has 0 aliphatic carbocycles. The first-order valence-electron chi connectivity index (χ1n) is 9.39. The fourth-order valence-corrected chi connectivity index (χ4v) is 3.20. The highest BCUT2D eigenvalue weighted by atomic mass is 16.6. The van der Waals surface area contributed by atoms with Crippen LogP contribution in [0.2, 0.25) is 0 Å². The summed E-state index contributed by atoms with van der Waals surface area (Å²) in [7, 11) is 1.72. The molecule has 0 unspecified atom stereocenters. The number of anilines is 1. The van der Waals surface area contributed by atoms with Gasteiger partial charge >= 0.3 is 6.09 Å². The maximum Gasteiger partial charge on any atom is 0.410 e. The molecule has 2 aromatic rings. The van der Waals surface area contributed by atoms with Crippen molar-refractivity contribution in [2.45, 2.75) is 39.3 Å². The fourth-order valence-electron chi connectivity index (χ4n) is 3.20. The number of aromatic nitrogens is 3. The summed E-state index contributed by atoms with van der Waals surface area (Å²) in [6.45, 7) is 9.17. The predicted octanol–water partition coefficient (Wildman–Crippen LogP) is 2.29. The molecule has 28 heavy (non-hydrogen) atoms. The van der Waals surface area contributed by atoms with Gasteiger partial charge in [-0.05, 0) is 39.8 Å². The topological polar surface area (TPSA) is 80.6 Å². The number of amides is 1. The summed E-state index contributed by atoms with van der Waals surface area (Å²) in [5.74, 6) is 0.593. The van der Waals surface area contributed by atoms with Crippen LogP contribution in [0.15, 0.2) is 35.4 Å². The third-order valence-electron chi connectivity index (χ3n) is 4.62. The number of ether oxygens (including phenoxy) is 1. The smallest absolute Gasteiger partial charge is 0.410 e. The molecule has 1 fully saturated rings. The monoisotopic (exact) mass is 385 g/mol. The summed E-state index contributed by atoms with van der Waals surface area (Å²) >= 11 is 0. The van der Waals surface area contributed by atoms with Gasteiger partial charge in [0, 0.05) is 56.7 Å². The Labute approximate surface area is 164 Å². The summed E-state index contributed by atoms with van der Waals surface area (Å²) in [6, 6.07) is 5.18. The number of hydrogen-bond donors (Lipinski definition) is 0. The lowest BCUT2D eigenvalue weighted by molar-refractivity contribution is 0.0217. The molecule has 3 heterocycles. The average Bonchev–Trinajstić information content (AvgIpc) is 2.63. The zero-order valence-corrected chi connectivity index (χ0v) is 17.0. The van der Waals surface area contributed by atoms with Gasteiger partial charge in [0.2, 0.25) is 5.95 Å². The van der Waals surface area contributed by atoms with Crippen LogP contribution in [-0.2, 0) is 11.8 Å². The van der Waals surface area contributed by atoms with Gasteiger partial charge in [0.25, 0.3) is 5.56 Å². The quantitative estimate of drug-likeness (QED) is 0.789. The van der Waals surface area contributed by atoms with Gasteiger partial charge in [0.15, 0.2) is 0 Å². The average molecular weight is 385 g/mol. The summed E-state index contributed by atoms with van der Waals surface area (Å²) in [5.41, 5.74) is 0.803. The summed E-state index contributed by atoms with van der Waals surface area (Å²) in [4.78, 5) is 37.4. The van der Waals surface area contributed by atoms with Gasteiger partial charge in [-0.25, -0.2) is 9.78 Å². The molecule has 0 bridgehead atoms. The van der Waals surface area contributed by atoms with Gasteiger partial charge in [0.1, 0.15) is 5.60 Å². The first-order valence-corrected chi connectivity index (χ1v) is 9.39. The van der Waals surface area contributed by atoms with E-state index in [-0.39, 0.29) is 17.7 Å². The van der Waals surface area contributed by atoms with Crippen LogP contribution in [-0.4, -0.2) is 56.8 Å². The Morgan fingerprint density at radius 3 is 2.50 bits per heavy atom. The largest absolute Gasteiger partial charge is 0.444 e. The van der Waals surface area contributed by atoms with Crippen LogP contribution < -0.4 is 10.5 Å². The van der Waals surface area contributed by atoms with Crippen molar-refractivity contribution in [3.05, 3.63) is 40.9 Å². The number of piperazine rings is 1. The van der Waals surface area contributed by atoms with Crippen LogP contribution in [0, 0.1) is 0 Å². The van der Waals surface area contributed by atoms with Crippen molar-refractivity contribution in [1.82, 2.24) is 19.4 Å². The predicted molar refractivity (Wildman–Crippen MR) is 107 cm³/mol. The Morgan fingerprint density at radius 1 is 1.21 bits per heavy atom. The van der Waals surface area contributed by atoms with Crippen molar-refractivity contribution in [3.8, 4) is 11.3 Å². The second-order valence-corrected chi connectivity index (χ2v) is 8.04. The molecule has 0 radical (unpaired) electrons. The molecule has 1 atom stereocenters. The minimum absolute atomic E-state index is 0.00735. The normalized spacial score (nSPS) is 17.5. The summed E-state index contributed by atoms with van der Waals surface area (Å²) in [5, 5.41) is 0. The second-order valence-electron chi connectivity index (χ2n) is 8.04. The standard InChI is InChI=1S/C20H27N5O3/c1-14-13-24(19(27)28-20(2,3)4)10-11-25(14)18-22-16(12-17(26)23(18)5)15-6-8-21-9-7-15/h6-9,12,14H,10-11,13H2,1-5H3/t14-/m1/s1. The maximum atomic E-state index is 12.5. The first-order chi connectivity index (χ1) is 13.2. The Hall–Kier alpha value is -2.90. The van der Waals surface area contributed by atoms with Crippen LogP contribution in [0.25, 0.3) is 11.3 Å². The highest BCUT2D eigenvalue weighted by Gasteiger charge is 2.31. The number of pyridine rings is 1. The Morgan fingerprint density at radius 2 is 1.89 bits per heavy atom. The van der Waals surface area contributed by atoms with E-state index in [4.69, 9.17) is 9.72 Å². The SMILES string of the molecule is C[C@@H]1CN(C(=O)OC(C)(C)C)CCN1c1nc(-c2ccncc2)cc(=O)n1C. The van der Waals surface area contributed by atoms with Crippen molar-refractivity contribution < 1.29 is 9.53 Å². The molecular weight excluding hydrogens is 358 g/mol. The third-order valence-corrected chi connectivity index (χ3v) is 4.62. The van der Waals surface area contributed by atoms with E-state index < -0.39 is 5.60 Å². The van der Waals surface area contributed by atoms with Crippen molar-refractivity contribution in [2.24, 2.45) is 7.05 Å². The van der Waals surface area contributed by atoms with E-state index in [1.807, 2.05) is 39.8 Å². The minimum atomic E-state index is -0.526. The molecule has 0 spiro atoms. The zero-order valence-electron chi connectivity index (χ0n) is 17.0. The van der Waals surface area contributed by atoms with Gasteiger partial charge in [-0.15, -0.1) is 0 Å². The van der Waals surface area contributed by atoms with E-state index in [9.17, 15) is 9.59 Å². The highest BCUT2D eigenvalue weighted by molar-refractivity contribution is 5.68. The van der Waals surface area contributed by atoms with E-state index in [1.54, 1.807) is 28.9 Å². The molecule has 0 saturated carbocycles. The van der Waals surface area contributed by atoms with E-state index in [1.165, 1.54) is 6.07 Å². The number of hydrogen-bond acceptors (Lipinski definition) is 6. The van der Waals surface area contributed by atoms with Gasteiger partial charge < -0.3 is 14.5 Å². The molecule has 0 N–H and O–H groups in total. The van der Waals surface area contributed by atoms with E-state index in [0.717, 1.165) is 5.56 Å². The molecule has 1 aliphatic rings. The van der Waals surface area contributed by atoms with Crippen LogP contribution in [0.3, 0.4) is 0 Å². The Balaban J connectivity index is 1.84. The van der Waals surface area contributed by atoms with E-state index >= 15 is 0 Å². The fraction of sp³-hybridized carbons (Fsp3) is 0.500. The van der Waals surface area contributed by atoms with Crippen LogP contribution >= 0.6 is 0 Å². The Kier molecular flexibility index (Phi) is 5.40. The lowest BCUT2D eigenvalue weighted by atomic mass is 10.2. The molecule has 1 aliphatic heterocycles. The minimum Gasteiger partial charge on any atom is -0.444 e. The van der Waals surface area contributed by atoms with Crippen molar-refractivity contribution in [2.75, 3.05) is 24.5 Å². The van der Waals surface area contributed by atoms with Gasteiger partial charge in [0.05, 0.1) is 5.69 Å². The molecule has 0 aromatic carbocycles. The van der Waals surface area contributed by atoms with Crippen LogP contribution in [0.1, 0.15) is 27.7 Å².